The molecular weight excluding hydrogens is 588 g/mol. The monoisotopic (exact) mass is 619 g/mol. The van der Waals surface area contributed by atoms with Gasteiger partial charge in [0.1, 0.15) is 6.61 Å². The third-order valence-electron chi connectivity index (χ3n) is 8.01. The number of hydrogen-bond acceptors (Lipinski definition) is 7. The second kappa shape index (κ2) is 12.6. The highest BCUT2D eigenvalue weighted by Crippen LogP contribution is 2.32. The van der Waals surface area contributed by atoms with Gasteiger partial charge in [-0.3, -0.25) is 9.20 Å². The molecule has 0 spiro atoms. The second-order valence-electron chi connectivity index (χ2n) is 10.7. The first-order chi connectivity index (χ1) is 21.4. The lowest BCUT2D eigenvalue weighted by Gasteiger charge is -2.38. The number of piperazine rings is 1. The van der Waals surface area contributed by atoms with Gasteiger partial charge >= 0.3 is 0 Å². The van der Waals surface area contributed by atoms with Crippen LogP contribution in [0.4, 0.5) is 20.3 Å². The number of ether oxygens (including phenoxy) is 1. The Morgan fingerprint density at radius 2 is 1.93 bits per heavy atom. The molecule has 1 unspecified atom stereocenters. The minimum Gasteiger partial charge on any atom is -0.486 e. The van der Waals surface area contributed by atoms with E-state index in [0.29, 0.717) is 52.6 Å². The SMILES string of the molecule is C=CCOc1ccc(-c2cnc3c(Nc4ccc(C(=O)N5CCN(C(=C)C6CCCN6)CC5)c(Cl)c4)nccn23)c(F)c1F. The fraction of sp³-hybridized carbons (Fsp3) is 0.281. The summed E-state index contributed by atoms with van der Waals surface area (Å²) in [4.78, 5) is 26.2. The Labute approximate surface area is 258 Å². The molecule has 6 rings (SSSR count). The molecule has 228 valence electrons. The number of imidazole rings is 1. The van der Waals surface area contributed by atoms with E-state index in [1.54, 1.807) is 28.8 Å². The number of aromatic nitrogens is 3. The normalized spacial score (nSPS) is 16.8. The van der Waals surface area contributed by atoms with Crippen LogP contribution in [0.25, 0.3) is 16.9 Å². The summed E-state index contributed by atoms with van der Waals surface area (Å²) >= 11 is 6.60. The summed E-state index contributed by atoms with van der Waals surface area (Å²) in [5, 5.41) is 6.96. The third kappa shape index (κ3) is 5.72. The van der Waals surface area contributed by atoms with Crippen molar-refractivity contribution in [2.75, 3.05) is 44.6 Å². The molecule has 12 heteroatoms. The zero-order chi connectivity index (χ0) is 30.8. The summed E-state index contributed by atoms with van der Waals surface area (Å²) in [7, 11) is 0. The summed E-state index contributed by atoms with van der Waals surface area (Å²) in [6.45, 7) is 11.5. The highest BCUT2D eigenvalue weighted by atomic mass is 35.5. The minimum absolute atomic E-state index is 0.0179. The van der Waals surface area contributed by atoms with Crippen molar-refractivity contribution >= 4 is 34.7 Å². The summed E-state index contributed by atoms with van der Waals surface area (Å²) in [5.74, 6) is -2.10. The topological polar surface area (TPSA) is 87.0 Å². The molecule has 44 heavy (non-hydrogen) atoms. The van der Waals surface area contributed by atoms with Crippen LogP contribution in [0.5, 0.6) is 5.75 Å². The molecule has 0 saturated carbocycles. The van der Waals surface area contributed by atoms with Gasteiger partial charge in [0.15, 0.2) is 23.0 Å². The Bertz CT molecular complexity index is 1730. The molecule has 2 saturated heterocycles. The Balaban J connectivity index is 1.16. The van der Waals surface area contributed by atoms with E-state index in [1.165, 1.54) is 30.6 Å². The highest BCUT2D eigenvalue weighted by molar-refractivity contribution is 6.34. The van der Waals surface area contributed by atoms with Crippen molar-refractivity contribution in [3.63, 3.8) is 0 Å². The Kier molecular flexibility index (Phi) is 8.49. The highest BCUT2D eigenvalue weighted by Gasteiger charge is 2.28. The first-order valence-corrected chi connectivity index (χ1v) is 14.8. The van der Waals surface area contributed by atoms with Crippen molar-refractivity contribution in [1.82, 2.24) is 29.5 Å². The molecule has 2 aliphatic heterocycles. The maximum absolute atomic E-state index is 15.0. The van der Waals surface area contributed by atoms with Gasteiger partial charge in [-0.25, -0.2) is 14.4 Å². The van der Waals surface area contributed by atoms with Crippen LogP contribution in [0.1, 0.15) is 23.2 Å². The Hall–Kier alpha value is -4.48. The van der Waals surface area contributed by atoms with Gasteiger partial charge in [-0.15, -0.1) is 0 Å². The molecule has 4 heterocycles. The number of carbonyl (C=O) groups excluding carboxylic acids is 1. The maximum atomic E-state index is 15.0. The number of amides is 1. The fourth-order valence-electron chi connectivity index (χ4n) is 5.66. The van der Waals surface area contributed by atoms with Crippen molar-refractivity contribution in [2.45, 2.75) is 18.9 Å². The number of halogens is 3. The summed E-state index contributed by atoms with van der Waals surface area (Å²) < 4.78 is 36.5. The van der Waals surface area contributed by atoms with Gasteiger partial charge < -0.3 is 25.2 Å². The van der Waals surface area contributed by atoms with Gasteiger partial charge in [-0.05, 0) is 49.7 Å². The molecule has 9 nitrogen and oxygen atoms in total. The summed E-state index contributed by atoms with van der Waals surface area (Å²) in [5.41, 5.74) is 2.83. The Morgan fingerprint density at radius 3 is 2.66 bits per heavy atom. The lowest BCUT2D eigenvalue weighted by molar-refractivity contribution is 0.0664. The number of nitrogens with zero attached hydrogens (tertiary/aromatic N) is 5. The predicted molar refractivity (Wildman–Crippen MR) is 166 cm³/mol. The fourth-order valence-corrected chi connectivity index (χ4v) is 5.92. The summed E-state index contributed by atoms with van der Waals surface area (Å²) in [6, 6.07) is 8.21. The lowest BCUT2D eigenvalue weighted by Crippen LogP contribution is -2.50. The van der Waals surface area contributed by atoms with E-state index < -0.39 is 11.6 Å². The van der Waals surface area contributed by atoms with E-state index in [9.17, 15) is 9.18 Å². The van der Waals surface area contributed by atoms with Crippen LogP contribution < -0.4 is 15.4 Å². The van der Waals surface area contributed by atoms with Crippen molar-refractivity contribution in [2.24, 2.45) is 0 Å². The molecule has 0 radical (unpaired) electrons. The molecule has 2 fully saturated rings. The molecular formula is C32H32ClF2N7O2. The second-order valence-corrected chi connectivity index (χ2v) is 11.1. The number of fused-ring (bicyclic) bond motifs is 1. The third-order valence-corrected chi connectivity index (χ3v) is 8.32. The van der Waals surface area contributed by atoms with Crippen molar-refractivity contribution in [3.8, 4) is 17.0 Å². The predicted octanol–water partition coefficient (Wildman–Crippen LogP) is 5.66. The number of carbonyl (C=O) groups is 1. The molecule has 1 amide bonds. The molecule has 0 aliphatic carbocycles. The molecule has 4 aromatic rings. The van der Waals surface area contributed by atoms with Crippen LogP contribution in [0.15, 0.2) is 73.9 Å². The first-order valence-electron chi connectivity index (χ1n) is 14.4. The van der Waals surface area contributed by atoms with Crippen molar-refractivity contribution in [1.29, 1.82) is 0 Å². The first kappa shape index (κ1) is 29.6. The molecule has 2 aromatic heterocycles. The molecule has 2 N–H and O–H groups in total. The van der Waals surface area contributed by atoms with Crippen LogP contribution in [-0.4, -0.2) is 75.4 Å². The largest absolute Gasteiger partial charge is 0.486 e. The number of anilines is 2. The average Bonchev–Trinajstić information content (AvgIpc) is 3.73. The quantitative estimate of drug-likeness (QED) is 0.234. The minimum atomic E-state index is -1.09. The smallest absolute Gasteiger partial charge is 0.255 e. The molecule has 0 bridgehead atoms. The van der Waals surface area contributed by atoms with E-state index in [0.717, 1.165) is 38.2 Å². The number of rotatable bonds is 9. The summed E-state index contributed by atoms with van der Waals surface area (Å²) in [6.07, 6.45) is 8.27. The van der Waals surface area contributed by atoms with E-state index in [4.69, 9.17) is 16.3 Å². The van der Waals surface area contributed by atoms with Gasteiger partial charge in [0, 0.05) is 61.6 Å². The van der Waals surface area contributed by atoms with Gasteiger partial charge in [-0.2, -0.15) is 4.39 Å². The van der Waals surface area contributed by atoms with Crippen molar-refractivity contribution in [3.05, 3.63) is 96.1 Å². The van der Waals surface area contributed by atoms with Gasteiger partial charge in [0.05, 0.1) is 22.5 Å². The standard InChI is InChI=1S/C32H32ClF2N7O2/c1-3-17-44-27-9-8-23(28(34)29(27)35)26-19-38-31-30(37-11-12-42(26)31)39-21-6-7-22(24(33)18-21)32(43)41-15-13-40(14-16-41)20(2)25-5-4-10-36-25/h3,6-9,11-12,18-19,25,36H,1-2,4-5,10,13-17H2,(H,37,39). The molecule has 1 atom stereocenters. The van der Waals surface area contributed by atoms with E-state index in [-0.39, 0.29) is 23.8 Å². The molecule has 2 aliphatic rings. The van der Waals surface area contributed by atoms with Crippen LogP contribution in [-0.2, 0) is 0 Å². The van der Waals surface area contributed by atoms with Gasteiger partial charge in [0.2, 0.25) is 5.82 Å². The lowest BCUT2D eigenvalue weighted by atomic mass is 10.1. The van der Waals surface area contributed by atoms with E-state index in [1.807, 2.05) is 4.90 Å². The number of nitrogens with one attached hydrogen (secondary N) is 2. The Morgan fingerprint density at radius 1 is 1.14 bits per heavy atom. The van der Waals surface area contributed by atoms with Crippen LogP contribution in [0.2, 0.25) is 5.02 Å². The zero-order valence-corrected chi connectivity index (χ0v) is 24.8. The van der Waals surface area contributed by atoms with Crippen LogP contribution in [0, 0.1) is 11.6 Å². The van der Waals surface area contributed by atoms with E-state index >= 15 is 4.39 Å². The van der Waals surface area contributed by atoms with Crippen LogP contribution in [0.3, 0.4) is 0 Å². The number of benzene rings is 2. The van der Waals surface area contributed by atoms with E-state index in [2.05, 4.69) is 38.7 Å². The maximum Gasteiger partial charge on any atom is 0.255 e. The number of hydrogen-bond donors (Lipinski definition) is 2. The average molecular weight is 620 g/mol. The molecule has 2 aromatic carbocycles. The van der Waals surface area contributed by atoms with Gasteiger partial charge in [-0.1, -0.05) is 30.8 Å². The van der Waals surface area contributed by atoms with Crippen LogP contribution >= 0.6 is 11.6 Å². The van der Waals surface area contributed by atoms with Gasteiger partial charge in [0.25, 0.3) is 5.91 Å². The van der Waals surface area contributed by atoms with Crippen molar-refractivity contribution < 1.29 is 18.3 Å². The zero-order valence-electron chi connectivity index (χ0n) is 24.0.